The molecule has 0 radical (unpaired) electrons. The van der Waals surface area contributed by atoms with Gasteiger partial charge in [0.05, 0.1) is 0 Å². The van der Waals surface area contributed by atoms with Crippen molar-refractivity contribution >= 4 is 24.6 Å². The van der Waals surface area contributed by atoms with Crippen molar-refractivity contribution in [1.29, 1.82) is 0 Å². The number of benzene rings is 2. The zero-order chi connectivity index (χ0) is 18.7. The van der Waals surface area contributed by atoms with Crippen molar-refractivity contribution in [1.82, 2.24) is 0 Å². The van der Waals surface area contributed by atoms with E-state index in [4.69, 9.17) is 0 Å². The van der Waals surface area contributed by atoms with Crippen LogP contribution in [0.5, 0.6) is 0 Å². The van der Waals surface area contributed by atoms with E-state index in [9.17, 15) is 32.3 Å². The standard InChI is InChI=1S/C18H11F3O4/c19-18(20,21)16(25)17(10-23,11-24)14-8-4-7-13(9-22)15(14)12-5-2-1-3-6-12/h1-11H. The number of Topliss-reactive ketones (excluding diaryl/α,β-unsaturated/α-hetero) is 1. The second kappa shape index (κ2) is 6.80. The Balaban J connectivity index is 2.89. The average molecular weight is 348 g/mol. The van der Waals surface area contributed by atoms with Crippen molar-refractivity contribution in [2.24, 2.45) is 0 Å². The molecule has 25 heavy (non-hydrogen) atoms. The fourth-order valence-corrected chi connectivity index (χ4v) is 2.56. The van der Waals surface area contributed by atoms with Crippen LogP contribution in [0.2, 0.25) is 0 Å². The Labute approximate surface area is 140 Å². The molecule has 0 bridgehead atoms. The fraction of sp³-hybridized carbons (Fsp3) is 0.111. The second-order valence-corrected chi connectivity index (χ2v) is 5.19. The smallest absolute Gasteiger partial charge is 0.301 e. The highest BCUT2D eigenvalue weighted by Crippen LogP contribution is 2.37. The molecule has 0 atom stereocenters. The van der Waals surface area contributed by atoms with Crippen LogP contribution in [-0.2, 0) is 19.8 Å². The minimum absolute atomic E-state index is 0.0493. The van der Waals surface area contributed by atoms with E-state index in [1.807, 2.05) is 0 Å². The normalized spacial score (nSPS) is 11.6. The highest BCUT2D eigenvalue weighted by molar-refractivity contribution is 6.21. The first kappa shape index (κ1) is 18.3. The van der Waals surface area contributed by atoms with Crippen LogP contribution in [-0.4, -0.2) is 30.8 Å². The number of carbonyl (C=O) groups excluding carboxylic acids is 4. The first-order chi connectivity index (χ1) is 11.8. The minimum atomic E-state index is -5.41. The van der Waals surface area contributed by atoms with Crippen LogP contribution in [0.25, 0.3) is 11.1 Å². The quantitative estimate of drug-likeness (QED) is 0.595. The van der Waals surface area contributed by atoms with Gasteiger partial charge in [-0.2, -0.15) is 13.2 Å². The van der Waals surface area contributed by atoms with Crippen molar-refractivity contribution in [3.63, 3.8) is 0 Å². The maximum absolute atomic E-state index is 13.0. The highest BCUT2D eigenvalue weighted by Gasteiger charge is 2.55. The molecule has 7 heteroatoms. The van der Waals surface area contributed by atoms with E-state index in [2.05, 4.69) is 0 Å². The SMILES string of the molecule is O=Cc1cccc(C(C=O)(C=O)C(=O)C(F)(F)F)c1-c1ccccc1. The number of hydrogen-bond acceptors (Lipinski definition) is 4. The molecular formula is C18H11F3O4. The number of aldehydes is 3. The molecule has 0 N–H and O–H groups in total. The molecule has 0 aliphatic heterocycles. The van der Waals surface area contributed by atoms with E-state index in [0.29, 0.717) is 11.8 Å². The Hall–Kier alpha value is -3.09. The molecule has 2 aromatic carbocycles. The molecule has 0 saturated carbocycles. The van der Waals surface area contributed by atoms with Crippen LogP contribution in [0.3, 0.4) is 0 Å². The van der Waals surface area contributed by atoms with Crippen molar-refractivity contribution in [3.05, 3.63) is 59.7 Å². The summed E-state index contributed by atoms with van der Waals surface area (Å²) in [6, 6.07) is 11.3. The molecule has 2 aromatic rings. The number of alkyl halides is 3. The molecule has 4 nitrogen and oxygen atoms in total. The largest absolute Gasteiger partial charge is 0.451 e. The molecule has 0 aromatic heterocycles. The van der Waals surface area contributed by atoms with Gasteiger partial charge in [0, 0.05) is 5.56 Å². The maximum atomic E-state index is 13.0. The van der Waals surface area contributed by atoms with Gasteiger partial charge in [-0.3, -0.25) is 9.59 Å². The van der Waals surface area contributed by atoms with E-state index in [-0.39, 0.29) is 23.7 Å². The predicted molar refractivity (Wildman–Crippen MR) is 82.1 cm³/mol. The Kier molecular flexibility index (Phi) is 4.97. The van der Waals surface area contributed by atoms with Gasteiger partial charge in [-0.25, -0.2) is 0 Å². The molecule has 0 saturated heterocycles. The molecule has 2 rings (SSSR count). The van der Waals surface area contributed by atoms with Crippen LogP contribution >= 0.6 is 0 Å². The van der Waals surface area contributed by atoms with Crippen molar-refractivity contribution < 1.29 is 32.3 Å². The molecule has 0 amide bonds. The molecule has 128 valence electrons. The summed E-state index contributed by atoms with van der Waals surface area (Å²) in [5.41, 5.74) is -3.40. The summed E-state index contributed by atoms with van der Waals surface area (Å²) in [6.07, 6.45) is -5.71. The van der Waals surface area contributed by atoms with Gasteiger partial charge in [-0.05, 0) is 16.7 Å². The lowest BCUT2D eigenvalue weighted by Gasteiger charge is -2.25. The van der Waals surface area contributed by atoms with E-state index < -0.39 is 22.9 Å². The zero-order valence-electron chi connectivity index (χ0n) is 12.6. The van der Waals surface area contributed by atoms with Crippen molar-refractivity contribution in [2.45, 2.75) is 11.6 Å². The maximum Gasteiger partial charge on any atom is 0.451 e. The van der Waals surface area contributed by atoms with Gasteiger partial charge in [0.2, 0.25) is 0 Å². The molecule has 0 fully saturated rings. The van der Waals surface area contributed by atoms with E-state index in [0.717, 1.165) is 6.07 Å². The zero-order valence-corrected chi connectivity index (χ0v) is 12.6. The Bertz CT molecular complexity index is 818. The topological polar surface area (TPSA) is 68.3 Å². The number of rotatable bonds is 6. The van der Waals surface area contributed by atoms with Crippen molar-refractivity contribution in [2.75, 3.05) is 0 Å². The number of carbonyl (C=O) groups is 4. The molecular weight excluding hydrogens is 337 g/mol. The lowest BCUT2D eigenvalue weighted by atomic mass is 9.74. The fourth-order valence-electron chi connectivity index (χ4n) is 2.56. The third-order valence-corrected chi connectivity index (χ3v) is 3.74. The van der Waals surface area contributed by atoms with Gasteiger partial charge in [-0.1, -0.05) is 48.5 Å². The summed E-state index contributed by atoms with van der Waals surface area (Å²) in [5, 5.41) is 0. The van der Waals surface area contributed by atoms with Gasteiger partial charge in [-0.15, -0.1) is 0 Å². The van der Waals surface area contributed by atoms with Crippen molar-refractivity contribution in [3.8, 4) is 11.1 Å². The number of ketones is 1. The molecule has 0 unspecified atom stereocenters. The van der Waals surface area contributed by atoms with Gasteiger partial charge in [0.15, 0.2) is 11.7 Å². The summed E-state index contributed by atoms with van der Waals surface area (Å²) >= 11 is 0. The third-order valence-electron chi connectivity index (χ3n) is 3.74. The third kappa shape index (κ3) is 3.13. The van der Waals surface area contributed by atoms with Crippen LogP contribution in [0.15, 0.2) is 48.5 Å². The van der Waals surface area contributed by atoms with Gasteiger partial charge >= 0.3 is 6.18 Å². The van der Waals surface area contributed by atoms with Crippen LogP contribution in [0.4, 0.5) is 13.2 Å². The first-order valence-corrected chi connectivity index (χ1v) is 7.00. The average Bonchev–Trinajstić information content (AvgIpc) is 2.62. The monoisotopic (exact) mass is 348 g/mol. The van der Waals surface area contributed by atoms with Crippen LogP contribution in [0.1, 0.15) is 15.9 Å². The minimum Gasteiger partial charge on any atom is -0.301 e. The van der Waals surface area contributed by atoms with E-state index >= 15 is 0 Å². The van der Waals surface area contributed by atoms with Gasteiger partial charge in [0.25, 0.3) is 5.78 Å². The number of hydrogen-bond donors (Lipinski definition) is 0. The van der Waals surface area contributed by atoms with Crippen LogP contribution in [0, 0.1) is 0 Å². The molecule has 0 heterocycles. The Morgan fingerprint density at radius 1 is 0.840 bits per heavy atom. The lowest BCUT2D eigenvalue weighted by Crippen LogP contribution is -2.47. The molecule has 0 aliphatic rings. The molecule has 0 aliphatic carbocycles. The van der Waals surface area contributed by atoms with Crippen LogP contribution < -0.4 is 0 Å². The van der Waals surface area contributed by atoms with Gasteiger partial charge < -0.3 is 9.59 Å². The van der Waals surface area contributed by atoms with E-state index in [1.54, 1.807) is 18.2 Å². The predicted octanol–water partition coefficient (Wildman–Crippen LogP) is 2.93. The summed E-state index contributed by atoms with van der Waals surface area (Å²) < 4.78 is 39.0. The summed E-state index contributed by atoms with van der Waals surface area (Å²) in [6.45, 7) is 0. The Morgan fingerprint density at radius 2 is 1.44 bits per heavy atom. The highest BCUT2D eigenvalue weighted by atomic mass is 19.4. The Morgan fingerprint density at radius 3 is 1.92 bits per heavy atom. The lowest BCUT2D eigenvalue weighted by molar-refractivity contribution is -0.177. The van der Waals surface area contributed by atoms with Gasteiger partial charge in [0.1, 0.15) is 12.6 Å². The summed E-state index contributed by atoms with van der Waals surface area (Å²) in [5.74, 6) is -2.51. The van der Waals surface area contributed by atoms with E-state index in [1.165, 1.54) is 24.3 Å². The first-order valence-electron chi connectivity index (χ1n) is 7.00. The second-order valence-electron chi connectivity index (χ2n) is 5.19. The number of halogens is 3. The molecule has 0 spiro atoms. The summed E-state index contributed by atoms with van der Waals surface area (Å²) in [4.78, 5) is 46.2. The summed E-state index contributed by atoms with van der Waals surface area (Å²) in [7, 11) is 0.